The van der Waals surface area contributed by atoms with Crippen LogP contribution in [-0.4, -0.2) is 15.7 Å². The number of nitrogens with one attached hydrogen (secondary N) is 1. The van der Waals surface area contributed by atoms with Crippen LogP contribution < -0.4 is 10.1 Å². The van der Waals surface area contributed by atoms with Crippen molar-refractivity contribution in [2.45, 2.75) is 20.1 Å². The van der Waals surface area contributed by atoms with Crippen LogP contribution in [0.1, 0.15) is 27.3 Å². The van der Waals surface area contributed by atoms with Crippen molar-refractivity contribution >= 4 is 17.5 Å². The summed E-state index contributed by atoms with van der Waals surface area (Å²) in [6.07, 6.45) is 0. The van der Waals surface area contributed by atoms with Crippen molar-refractivity contribution in [3.63, 3.8) is 0 Å². The first-order valence-corrected chi connectivity index (χ1v) is 8.64. The third-order valence-electron chi connectivity index (χ3n) is 3.96. The molecule has 3 aromatic rings. The minimum Gasteiger partial charge on any atom is -0.489 e. The van der Waals surface area contributed by atoms with Gasteiger partial charge in [-0.2, -0.15) is 5.10 Å². The van der Waals surface area contributed by atoms with Crippen LogP contribution in [0.5, 0.6) is 5.75 Å². The standard InChI is InChI=1S/C20H20ClN3O2/c1-14-11-18(24(2)23-14)12-22-20(25)16-5-3-15(4-6-16)13-26-19-9-7-17(21)8-10-19/h3-11H,12-13H2,1-2H3,(H,22,25). The van der Waals surface area contributed by atoms with Gasteiger partial charge in [-0.15, -0.1) is 0 Å². The van der Waals surface area contributed by atoms with E-state index in [1.165, 1.54) is 0 Å². The Morgan fingerprint density at radius 3 is 2.46 bits per heavy atom. The third kappa shape index (κ3) is 4.64. The molecule has 26 heavy (non-hydrogen) atoms. The molecule has 2 aromatic carbocycles. The molecule has 0 saturated heterocycles. The maximum absolute atomic E-state index is 12.3. The second-order valence-corrected chi connectivity index (χ2v) is 6.46. The monoisotopic (exact) mass is 369 g/mol. The van der Waals surface area contributed by atoms with Crippen molar-refractivity contribution in [3.8, 4) is 5.75 Å². The van der Waals surface area contributed by atoms with E-state index in [1.54, 1.807) is 28.9 Å². The van der Waals surface area contributed by atoms with Crippen molar-refractivity contribution in [3.05, 3.63) is 82.1 Å². The fourth-order valence-electron chi connectivity index (χ4n) is 2.55. The number of aromatic nitrogens is 2. The average molecular weight is 370 g/mol. The Labute approximate surface area is 157 Å². The molecular formula is C20H20ClN3O2. The zero-order valence-corrected chi connectivity index (χ0v) is 15.5. The number of ether oxygens (including phenoxy) is 1. The van der Waals surface area contributed by atoms with Crippen molar-refractivity contribution in [1.82, 2.24) is 15.1 Å². The minimum atomic E-state index is -0.117. The van der Waals surface area contributed by atoms with Crippen molar-refractivity contribution in [1.29, 1.82) is 0 Å². The molecule has 3 rings (SSSR count). The van der Waals surface area contributed by atoms with Gasteiger partial charge in [0.05, 0.1) is 17.9 Å². The Hall–Kier alpha value is -2.79. The molecule has 1 amide bonds. The van der Waals surface area contributed by atoms with Crippen LogP contribution in [-0.2, 0) is 20.2 Å². The SMILES string of the molecule is Cc1cc(CNC(=O)c2ccc(COc3ccc(Cl)cc3)cc2)n(C)n1. The minimum absolute atomic E-state index is 0.117. The lowest BCUT2D eigenvalue weighted by atomic mass is 10.1. The summed E-state index contributed by atoms with van der Waals surface area (Å²) in [7, 11) is 1.87. The second-order valence-electron chi connectivity index (χ2n) is 6.02. The maximum atomic E-state index is 12.3. The Bertz CT molecular complexity index is 886. The first kappa shape index (κ1) is 18.0. The van der Waals surface area contributed by atoms with Crippen LogP contribution >= 0.6 is 11.6 Å². The largest absolute Gasteiger partial charge is 0.489 e. The molecule has 0 spiro atoms. The summed E-state index contributed by atoms with van der Waals surface area (Å²) in [6, 6.07) is 16.5. The number of hydrogen-bond acceptors (Lipinski definition) is 3. The van der Waals surface area contributed by atoms with E-state index in [0.29, 0.717) is 23.7 Å². The average Bonchev–Trinajstić information content (AvgIpc) is 2.97. The number of rotatable bonds is 6. The number of nitrogens with zero attached hydrogens (tertiary/aromatic N) is 2. The van der Waals surface area contributed by atoms with E-state index in [9.17, 15) is 4.79 Å². The predicted molar refractivity (Wildman–Crippen MR) is 101 cm³/mol. The topological polar surface area (TPSA) is 56.1 Å². The van der Waals surface area contributed by atoms with Gasteiger partial charge >= 0.3 is 0 Å². The molecule has 6 heteroatoms. The molecule has 1 heterocycles. The van der Waals surface area contributed by atoms with E-state index >= 15 is 0 Å². The number of aryl methyl sites for hydroxylation is 2. The maximum Gasteiger partial charge on any atom is 0.251 e. The number of carbonyl (C=O) groups is 1. The summed E-state index contributed by atoms with van der Waals surface area (Å²) < 4.78 is 7.47. The molecule has 0 fully saturated rings. The molecule has 0 aliphatic heterocycles. The summed E-state index contributed by atoms with van der Waals surface area (Å²) in [6.45, 7) is 2.80. The van der Waals surface area contributed by atoms with Gasteiger partial charge in [0, 0.05) is 17.6 Å². The van der Waals surface area contributed by atoms with Crippen LogP contribution in [0.4, 0.5) is 0 Å². The highest BCUT2D eigenvalue weighted by Gasteiger charge is 2.08. The highest BCUT2D eigenvalue weighted by atomic mass is 35.5. The van der Waals surface area contributed by atoms with Gasteiger partial charge in [-0.25, -0.2) is 0 Å². The third-order valence-corrected chi connectivity index (χ3v) is 4.22. The van der Waals surface area contributed by atoms with Gasteiger partial charge in [0.2, 0.25) is 0 Å². The molecule has 0 aliphatic rings. The van der Waals surface area contributed by atoms with Crippen LogP contribution in [0.3, 0.4) is 0 Å². The number of benzene rings is 2. The zero-order chi connectivity index (χ0) is 18.5. The smallest absolute Gasteiger partial charge is 0.251 e. The molecule has 1 aromatic heterocycles. The van der Waals surface area contributed by atoms with Gasteiger partial charge in [-0.3, -0.25) is 9.48 Å². The van der Waals surface area contributed by atoms with Gasteiger partial charge in [0.25, 0.3) is 5.91 Å². The molecular weight excluding hydrogens is 350 g/mol. The van der Waals surface area contributed by atoms with Crippen molar-refractivity contribution in [2.24, 2.45) is 7.05 Å². The van der Waals surface area contributed by atoms with Crippen LogP contribution in [0.25, 0.3) is 0 Å². The lowest BCUT2D eigenvalue weighted by molar-refractivity contribution is 0.0950. The number of carbonyl (C=O) groups excluding carboxylic acids is 1. The summed E-state index contributed by atoms with van der Waals surface area (Å²) in [5.41, 5.74) is 3.49. The normalized spacial score (nSPS) is 10.6. The van der Waals surface area contributed by atoms with Gasteiger partial charge in [-0.1, -0.05) is 23.7 Å². The molecule has 0 saturated carbocycles. The lowest BCUT2D eigenvalue weighted by Crippen LogP contribution is -2.24. The Morgan fingerprint density at radius 1 is 1.15 bits per heavy atom. The summed E-state index contributed by atoms with van der Waals surface area (Å²) in [5.74, 6) is 0.636. The number of halogens is 1. The molecule has 134 valence electrons. The Morgan fingerprint density at radius 2 is 1.85 bits per heavy atom. The van der Waals surface area contributed by atoms with Gasteiger partial charge in [-0.05, 0) is 55.0 Å². The van der Waals surface area contributed by atoms with Crippen molar-refractivity contribution < 1.29 is 9.53 Å². The summed E-state index contributed by atoms with van der Waals surface area (Å²) in [5, 5.41) is 7.85. The molecule has 0 aliphatic carbocycles. The van der Waals surface area contributed by atoms with E-state index in [2.05, 4.69) is 10.4 Å². The molecule has 0 radical (unpaired) electrons. The van der Waals surface area contributed by atoms with Gasteiger partial charge in [0.1, 0.15) is 12.4 Å². The van der Waals surface area contributed by atoms with Crippen LogP contribution in [0.2, 0.25) is 5.02 Å². The first-order chi connectivity index (χ1) is 12.5. The highest BCUT2D eigenvalue weighted by molar-refractivity contribution is 6.30. The summed E-state index contributed by atoms with van der Waals surface area (Å²) in [4.78, 5) is 12.3. The predicted octanol–water partition coefficient (Wildman–Crippen LogP) is 3.89. The Kier molecular flexibility index (Phi) is 5.58. The molecule has 0 atom stereocenters. The zero-order valence-electron chi connectivity index (χ0n) is 14.7. The van der Waals surface area contributed by atoms with Crippen LogP contribution in [0.15, 0.2) is 54.6 Å². The van der Waals surface area contributed by atoms with E-state index in [4.69, 9.17) is 16.3 Å². The molecule has 5 nitrogen and oxygen atoms in total. The van der Waals surface area contributed by atoms with E-state index in [0.717, 1.165) is 22.7 Å². The van der Waals surface area contributed by atoms with Crippen molar-refractivity contribution in [2.75, 3.05) is 0 Å². The lowest BCUT2D eigenvalue weighted by Gasteiger charge is -2.08. The van der Waals surface area contributed by atoms with E-state index < -0.39 is 0 Å². The molecule has 0 bridgehead atoms. The van der Waals surface area contributed by atoms with Crippen LogP contribution in [0, 0.1) is 6.92 Å². The first-order valence-electron chi connectivity index (χ1n) is 8.26. The fraction of sp³-hybridized carbons (Fsp3) is 0.200. The number of amides is 1. The fourth-order valence-corrected chi connectivity index (χ4v) is 2.68. The summed E-state index contributed by atoms with van der Waals surface area (Å²) >= 11 is 5.85. The highest BCUT2D eigenvalue weighted by Crippen LogP contribution is 2.17. The number of hydrogen-bond donors (Lipinski definition) is 1. The second kappa shape index (κ2) is 8.06. The quantitative estimate of drug-likeness (QED) is 0.717. The van der Waals surface area contributed by atoms with Gasteiger partial charge in [0.15, 0.2) is 0 Å². The van der Waals surface area contributed by atoms with Gasteiger partial charge < -0.3 is 10.1 Å². The van der Waals surface area contributed by atoms with E-state index in [-0.39, 0.29) is 5.91 Å². The molecule has 0 unspecified atom stereocenters. The Balaban J connectivity index is 1.53. The molecule has 1 N–H and O–H groups in total. The van der Waals surface area contributed by atoms with E-state index in [1.807, 2.05) is 44.3 Å².